The summed E-state index contributed by atoms with van der Waals surface area (Å²) in [5, 5.41) is -0.120. The highest BCUT2D eigenvalue weighted by molar-refractivity contribution is 8.00. The van der Waals surface area contributed by atoms with Crippen molar-refractivity contribution in [3.63, 3.8) is 0 Å². The summed E-state index contributed by atoms with van der Waals surface area (Å²) in [6.45, 7) is 0.398. The van der Waals surface area contributed by atoms with Crippen LogP contribution in [-0.2, 0) is 11.3 Å². The SMILES string of the molecule is O=C1CSC(c2ccco2)N1Cc1cccc(F)c1. The van der Waals surface area contributed by atoms with Gasteiger partial charge in [0.05, 0.1) is 12.0 Å². The molecule has 98 valence electrons. The van der Waals surface area contributed by atoms with Crippen molar-refractivity contribution in [1.82, 2.24) is 4.90 Å². The molecule has 0 spiro atoms. The van der Waals surface area contributed by atoms with E-state index in [1.54, 1.807) is 23.3 Å². The zero-order chi connectivity index (χ0) is 13.2. The van der Waals surface area contributed by atoms with Crippen LogP contribution in [0.25, 0.3) is 0 Å². The molecule has 1 fully saturated rings. The first kappa shape index (κ1) is 12.3. The molecule has 5 heteroatoms. The van der Waals surface area contributed by atoms with Gasteiger partial charge in [0.1, 0.15) is 17.0 Å². The van der Waals surface area contributed by atoms with E-state index in [0.29, 0.717) is 12.3 Å². The van der Waals surface area contributed by atoms with Crippen LogP contribution < -0.4 is 0 Å². The molecule has 1 aliphatic heterocycles. The van der Waals surface area contributed by atoms with Gasteiger partial charge in [-0.15, -0.1) is 11.8 Å². The Hall–Kier alpha value is -1.75. The minimum absolute atomic E-state index is 0.0515. The molecule has 0 radical (unpaired) electrons. The molecule has 19 heavy (non-hydrogen) atoms. The van der Waals surface area contributed by atoms with Crippen LogP contribution in [0.5, 0.6) is 0 Å². The maximum absolute atomic E-state index is 13.2. The molecule has 1 saturated heterocycles. The van der Waals surface area contributed by atoms with Crippen LogP contribution >= 0.6 is 11.8 Å². The molecule has 0 N–H and O–H groups in total. The van der Waals surface area contributed by atoms with Crippen LogP contribution in [0.4, 0.5) is 4.39 Å². The number of benzene rings is 1. The number of rotatable bonds is 3. The molecule has 1 atom stereocenters. The summed E-state index contributed by atoms with van der Waals surface area (Å²) in [5.41, 5.74) is 0.785. The van der Waals surface area contributed by atoms with E-state index in [1.807, 2.05) is 12.1 Å². The molecule has 1 aliphatic rings. The maximum Gasteiger partial charge on any atom is 0.234 e. The summed E-state index contributed by atoms with van der Waals surface area (Å²) in [6, 6.07) is 9.98. The molecule has 1 aromatic heterocycles. The van der Waals surface area contributed by atoms with E-state index in [-0.39, 0.29) is 17.1 Å². The van der Waals surface area contributed by atoms with Gasteiger partial charge in [0, 0.05) is 6.54 Å². The molecule has 3 nitrogen and oxygen atoms in total. The molecule has 0 bridgehead atoms. The minimum atomic E-state index is -0.286. The van der Waals surface area contributed by atoms with Gasteiger partial charge in [0.15, 0.2) is 0 Å². The Bertz CT molecular complexity index is 585. The van der Waals surface area contributed by atoms with Gasteiger partial charge in [-0.25, -0.2) is 4.39 Å². The maximum atomic E-state index is 13.2. The number of thioether (sulfide) groups is 1. The minimum Gasteiger partial charge on any atom is -0.466 e. The zero-order valence-corrected chi connectivity index (χ0v) is 10.9. The van der Waals surface area contributed by atoms with Crippen LogP contribution in [0.1, 0.15) is 16.7 Å². The lowest BCUT2D eigenvalue weighted by Gasteiger charge is -2.22. The van der Waals surface area contributed by atoms with Gasteiger partial charge >= 0.3 is 0 Å². The summed E-state index contributed by atoms with van der Waals surface area (Å²) in [4.78, 5) is 13.7. The Morgan fingerprint density at radius 1 is 1.37 bits per heavy atom. The number of halogens is 1. The quantitative estimate of drug-likeness (QED) is 0.864. The number of hydrogen-bond acceptors (Lipinski definition) is 3. The van der Waals surface area contributed by atoms with Crippen molar-refractivity contribution in [3.8, 4) is 0 Å². The van der Waals surface area contributed by atoms with Crippen molar-refractivity contribution in [2.75, 3.05) is 5.75 Å². The van der Waals surface area contributed by atoms with Crippen molar-refractivity contribution >= 4 is 17.7 Å². The van der Waals surface area contributed by atoms with Gasteiger partial charge in [-0.1, -0.05) is 12.1 Å². The molecule has 2 aromatic rings. The number of hydrogen-bond donors (Lipinski definition) is 0. The van der Waals surface area contributed by atoms with Gasteiger partial charge in [-0.2, -0.15) is 0 Å². The third kappa shape index (κ3) is 2.51. The second kappa shape index (κ2) is 5.09. The van der Waals surface area contributed by atoms with Gasteiger partial charge in [-0.3, -0.25) is 4.79 Å². The molecule has 0 aliphatic carbocycles. The first-order chi connectivity index (χ1) is 9.24. The normalized spacial score (nSPS) is 19.1. The third-order valence-corrected chi connectivity index (χ3v) is 4.21. The highest BCUT2D eigenvalue weighted by Gasteiger charge is 2.34. The topological polar surface area (TPSA) is 33.5 Å². The fraction of sp³-hybridized carbons (Fsp3) is 0.214. The summed E-state index contributed by atoms with van der Waals surface area (Å²) in [6.07, 6.45) is 1.60. The van der Waals surface area contributed by atoms with Crippen LogP contribution in [0.2, 0.25) is 0 Å². The standard InChI is InChI=1S/C14H12FNO2S/c15-11-4-1-3-10(7-11)8-16-13(17)9-19-14(16)12-5-2-6-18-12/h1-7,14H,8-9H2. The second-order valence-corrected chi connectivity index (χ2v) is 5.40. The van der Waals surface area contributed by atoms with E-state index in [1.165, 1.54) is 23.9 Å². The van der Waals surface area contributed by atoms with Crippen molar-refractivity contribution < 1.29 is 13.6 Å². The van der Waals surface area contributed by atoms with E-state index in [9.17, 15) is 9.18 Å². The van der Waals surface area contributed by atoms with Crippen molar-refractivity contribution in [1.29, 1.82) is 0 Å². The Balaban J connectivity index is 1.83. The summed E-state index contributed by atoms with van der Waals surface area (Å²) < 4.78 is 18.6. The van der Waals surface area contributed by atoms with E-state index in [4.69, 9.17) is 4.42 Å². The summed E-state index contributed by atoms with van der Waals surface area (Å²) in [5.74, 6) is 0.954. The molecule has 1 amide bonds. The Kier molecular flexibility index (Phi) is 3.29. The lowest BCUT2D eigenvalue weighted by Crippen LogP contribution is -2.27. The Morgan fingerprint density at radius 2 is 2.26 bits per heavy atom. The van der Waals surface area contributed by atoms with E-state index in [0.717, 1.165) is 11.3 Å². The predicted octanol–water partition coefficient (Wildman–Crippen LogP) is 3.19. The van der Waals surface area contributed by atoms with Crippen LogP contribution in [-0.4, -0.2) is 16.6 Å². The average Bonchev–Trinajstić information content (AvgIpc) is 3.01. The van der Waals surface area contributed by atoms with Gasteiger partial charge < -0.3 is 9.32 Å². The Labute approximate surface area is 114 Å². The summed E-state index contributed by atoms with van der Waals surface area (Å²) in [7, 11) is 0. The highest BCUT2D eigenvalue weighted by atomic mass is 32.2. The number of amides is 1. The van der Waals surface area contributed by atoms with Gasteiger partial charge in [0.2, 0.25) is 5.91 Å². The van der Waals surface area contributed by atoms with Crippen LogP contribution in [0, 0.1) is 5.82 Å². The second-order valence-electron chi connectivity index (χ2n) is 4.33. The molecule has 3 rings (SSSR count). The lowest BCUT2D eigenvalue weighted by atomic mass is 10.2. The van der Waals surface area contributed by atoms with Gasteiger partial charge in [0.25, 0.3) is 0 Å². The molecular formula is C14H12FNO2S. The fourth-order valence-corrected chi connectivity index (χ4v) is 3.26. The molecule has 2 heterocycles. The van der Waals surface area contributed by atoms with E-state index in [2.05, 4.69) is 0 Å². The first-order valence-electron chi connectivity index (χ1n) is 5.93. The van der Waals surface area contributed by atoms with Crippen LogP contribution in [0.15, 0.2) is 47.1 Å². The highest BCUT2D eigenvalue weighted by Crippen LogP contribution is 2.39. The molecule has 1 aromatic carbocycles. The lowest BCUT2D eigenvalue weighted by molar-refractivity contribution is -0.128. The van der Waals surface area contributed by atoms with Gasteiger partial charge in [-0.05, 0) is 29.8 Å². The monoisotopic (exact) mass is 277 g/mol. The first-order valence-corrected chi connectivity index (χ1v) is 6.98. The molecular weight excluding hydrogens is 265 g/mol. The smallest absolute Gasteiger partial charge is 0.234 e. The van der Waals surface area contributed by atoms with Crippen molar-refractivity contribution in [3.05, 3.63) is 59.8 Å². The number of nitrogens with zero attached hydrogens (tertiary/aromatic N) is 1. The third-order valence-electron chi connectivity index (χ3n) is 3.00. The summed E-state index contributed by atoms with van der Waals surface area (Å²) >= 11 is 1.53. The van der Waals surface area contributed by atoms with E-state index >= 15 is 0 Å². The fourth-order valence-electron chi connectivity index (χ4n) is 2.12. The Morgan fingerprint density at radius 3 is 3.00 bits per heavy atom. The average molecular weight is 277 g/mol. The predicted molar refractivity (Wildman–Crippen MR) is 70.9 cm³/mol. The van der Waals surface area contributed by atoms with E-state index < -0.39 is 0 Å². The number of furan rings is 1. The number of carbonyl (C=O) groups is 1. The zero-order valence-electron chi connectivity index (χ0n) is 10.1. The largest absolute Gasteiger partial charge is 0.466 e. The van der Waals surface area contributed by atoms with Crippen molar-refractivity contribution in [2.45, 2.75) is 11.9 Å². The van der Waals surface area contributed by atoms with Crippen molar-refractivity contribution in [2.24, 2.45) is 0 Å². The number of carbonyl (C=O) groups excluding carboxylic acids is 1. The van der Waals surface area contributed by atoms with Crippen LogP contribution in [0.3, 0.4) is 0 Å². The molecule has 1 unspecified atom stereocenters. The molecule has 0 saturated carbocycles.